The van der Waals surface area contributed by atoms with E-state index in [0.29, 0.717) is 18.7 Å². The summed E-state index contributed by atoms with van der Waals surface area (Å²) in [6, 6.07) is 5.54. The highest BCUT2D eigenvalue weighted by Gasteiger charge is 2.14. The van der Waals surface area contributed by atoms with Gasteiger partial charge in [0.25, 0.3) is 5.91 Å². The van der Waals surface area contributed by atoms with Gasteiger partial charge >= 0.3 is 0 Å². The predicted octanol–water partition coefficient (Wildman–Crippen LogP) is 2.36. The van der Waals surface area contributed by atoms with E-state index in [9.17, 15) is 9.59 Å². The number of halogens is 1. The predicted molar refractivity (Wildman–Crippen MR) is 79.1 cm³/mol. The van der Waals surface area contributed by atoms with Crippen molar-refractivity contribution in [3.8, 4) is 0 Å². The van der Waals surface area contributed by atoms with E-state index in [1.165, 1.54) is 0 Å². The van der Waals surface area contributed by atoms with Gasteiger partial charge in [-0.3, -0.25) is 9.59 Å². The van der Waals surface area contributed by atoms with Crippen LogP contribution in [-0.4, -0.2) is 36.3 Å². The van der Waals surface area contributed by atoms with Crippen molar-refractivity contribution in [2.45, 2.75) is 20.8 Å². The first-order chi connectivity index (χ1) is 8.99. The monoisotopic (exact) mass is 326 g/mol. The van der Waals surface area contributed by atoms with E-state index >= 15 is 0 Å². The SMILES string of the molecule is CCN(CC)C(=O)CNC(=O)c1cc(C)ccc1Br. The standard InChI is InChI=1S/C14H19BrN2O2/c1-4-17(5-2)13(18)9-16-14(19)11-8-10(3)6-7-12(11)15/h6-8H,4-5,9H2,1-3H3,(H,16,19). The fourth-order valence-electron chi connectivity index (χ4n) is 1.75. The molecule has 1 aromatic carbocycles. The van der Waals surface area contributed by atoms with Crippen molar-refractivity contribution in [1.82, 2.24) is 10.2 Å². The minimum atomic E-state index is -0.240. The van der Waals surface area contributed by atoms with Gasteiger partial charge < -0.3 is 10.2 Å². The minimum absolute atomic E-state index is 0.0287. The van der Waals surface area contributed by atoms with Gasteiger partial charge in [-0.1, -0.05) is 11.6 Å². The van der Waals surface area contributed by atoms with Crippen molar-refractivity contribution in [2.75, 3.05) is 19.6 Å². The molecule has 5 heteroatoms. The summed E-state index contributed by atoms with van der Waals surface area (Å²) in [5, 5.41) is 2.66. The van der Waals surface area contributed by atoms with Gasteiger partial charge in [-0.25, -0.2) is 0 Å². The maximum atomic E-state index is 12.0. The van der Waals surface area contributed by atoms with E-state index < -0.39 is 0 Å². The van der Waals surface area contributed by atoms with Crippen LogP contribution < -0.4 is 5.32 Å². The number of nitrogens with one attached hydrogen (secondary N) is 1. The lowest BCUT2D eigenvalue weighted by Crippen LogP contribution is -2.40. The van der Waals surface area contributed by atoms with E-state index in [1.807, 2.05) is 32.9 Å². The highest BCUT2D eigenvalue weighted by Crippen LogP contribution is 2.17. The first-order valence-electron chi connectivity index (χ1n) is 6.31. The fraction of sp³-hybridized carbons (Fsp3) is 0.429. The lowest BCUT2D eigenvalue weighted by Gasteiger charge is -2.18. The number of carbonyl (C=O) groups excluding carboxylic acids is 2. The number of hydrogen-bond donors (Lipinski definition) is 1. The van der Waals surface area contributed by atoms with E-state index in [1.54, 1.807) is 11.0 Å². The number of benzene rings is 1. The second kappa shape index (κ2) is 7.28. The zero-order valence-corrected chi connectivity index (χ0v) is 13.1. The van der Waals surface area contributed by atoms with Gasteiger partial charge in [0.15, 0.2) is 0 Å². The number of rotatable bonds is 5. The van der Waals surface area contributed by atoms with E-state index in [2.05, 4.69) is 21.2 Å². The molecule has 0 heterocycles. The molecule has 0 aromatic heterocycles. The van der Waals surface area contributed by atoms with Gasteiger partial charge in [0.05, 0.1) is 12.1 Å². The smallest absolute Gasteiger partial charge is 0.252 e. The van der Waals surface area contributed by atoms with Gasteiger partial charge in [0, 0.05) is 17.6 Å². The molecule has 1 rings (SSSR count). The lowest BCUT2D eigenvalue weighted by atomic mass is 10.1. The van der Waals surface area contributed by atoms with E-state index in [0.717, 1.165) is 10.0 Å². The van der Waals surface area contributed by atoms with Crippen LogP contribution in [0.5, 0.6) is 0 Å². The van der Waals surface area contributed by atoms with E-state index in [-0.39, 0.29) is 18.4 Å². The molecule has 2 amide bonds. The topological polar surface area (TPSA) is 49.4 Å². The summed E-state index contributed by atoms with van der Waals surface area (Å²) < 4.78 is 0.728. The third-order valence-electron chi connectivity index (χ3n) is 2.88. The second-order valence-corrected chi connectivity index (χ2v) is 5.09. The number of aryl methyl sites for hydroxylation is 1. The minimum Gasteiger partial charge on any atom is -0.343 e. The molecule has 0 aliphatic rings. The molecule has 19 heavy (non-hydrogen) atoms. The average molecular weight is 327 g/mol. The molecule has 0 bridgehead atoms. The Morgan fingerprint density at radius 2 is 1.89 bits per heavy atom. The summed E-state index contributed by atoms with van der Waals surface area (Å²) in [6.45, 7) is 7.09. The van der Waals surface area contributed by atoms with Crippen molar-refractivity contribution in [1.29, 1.82) is 0 Å². The number of amides is 2. The number of nitrogens with zero attached hydrogens (tertiary/aromatic N) is 1. The van der Waals surface area contributed by atoms with Gasteiger partial charge in [-0.05, 0) is 48.8 Å². The van der Waals surface area contributed by atoms with Gasteiger partial charge in [-0.15, -0.1) is 0 Å². The summed E-state index contributed by atoms with van der Waals surface area (Å²) in [5.74, 6) is -0.307. The maximum Gasteiger partial charge on any atom is 0.252 e. The van der Waals surface area contributed by atoms with Crippen LogP contribution in [0.1, 0.15) is 29.8 Å². The van der Waals surface area contributed by atoms with Crippen LogP contribution >= 0.6 is 15.9 Å². The summed E-state index contributed by atoms with van der Waals surface area (Å²) in [5.41, 5.74) is 1.55. The van der Waals surface area contributed by atoms with Crippen LogP contribution in [0.15, 0.2) is 22.7 Å². The van der Waals surface area contributed by atoms with Crippen molar-refractivity contribution in [3.05, 3.63) is 33.8 Å². The largest absolute Gasteiger partial charge is 0.343 e. The van der Waals surface area contributed by atoms with Crippen LogP contribution in [0.4, 0.5) is 0 Å². The number of carbonyl (C=O) groups is 2. The van der Waals surface area contributed by atoms with Crippen molar-refractivity contribution < 1.29 is 9.59 Å². The third-order valence-corrected chi connectivity index (χ3v) is 3.57. The molecule has 0 spiro atoms. The molecule has 1 aromatic rings. The van der Waals surface area contributed by atoms with Crippen molar-refractivity contribution >= 4 is 27.7 Å². The molecule has 0 unspecified atom stereocenters. The first kappa shape index (κ1) is 15.7. The Kier molecular flexibility index (Phi) is 6.02. The van der Waals surface area contributed by atoms with Gasteiger partial charge in [0.1, 0.15) is 0 Å². The Hall–Kier alpha value is -1.36. The molecule has 4 nitrogen and oxygen atoms in total. The molecule has 0 atom stereocenters. The molecule has 0 fully saturated rings. The molecule has 0 saturated carbocycles. The van der Waals surface area contributed by atoms with Crippen LogP contribution in [0.25, 0.3) is 0 Å². The summed E-state index contributed by atoms with van der Waals surface area (Å²) in [7, 11) is 0. The van der Waals surface area contributed by atoms with Crippen molar-refractivity contribution in [2.24, 2.45) is 0 Å². The molecule has 104 valence electrons. The highest BCUT2D eigenvalue weighted by molar-refractivity contribution is 9.10. The Bertz CT molecular complexity index is 471. The van der Waals surface area contributed by atoms with Gasteiger partial charge in [-0.2, -0.15) is 0 Å². The molecular weight excluding hydrogens is 308 g/mol. The zero-order chi connectivity index (χ0) is 14.4. The Labute approximate surface area is 122 Å². The highest BCUT2D eigenvalue weighted by atomic mass is 79.9. The molecule has 0 aliphatic carbocycles. The zero-order valence-electron chi connectivity index (χ0n) is 11.5. The molecule has 0 radical (unpaired) electrons. The summed E-state index contributed by atoms with van der Waals surface area (Å²) in [4.78, 5) is 25.5. The second-order valence-electron chi connectivity index (χ2n) is 4.23. The third kappa shape index (κ3) is 4.35. The average Bonchev–Trinajstić information content (AvgIpc) is 2.40. The molecule has 0 saturated heterocycles. The molecular formula is C14H19BrN2O2. The van der Waals surface area contributed by atoms with E-state index in [4.69, 9.17) is 0 Å². The van der Waals surface area contributed by atoms with Crippen LogP contribution in [0.3, 0.4) is 0 Å². The van der Waals surface area contributed by atoms with Crippen LogP contribution in [-0.2, 0) is 4.79 Å². The lowest BCUT2D eigenvalue weighted by molar-refractivity contribution is -0.129. The number of hydrogen-bond acceptors (Lipinski definition) is 2. The maximum absolute atomic E-state index is 12.0. The van der Waals surface area contributed by atoms with Crippen LogP contribution in [0, 0.1) is 6.92 Å². The Morgan fingerprint density at radius 1 is 1.26 bits per heavy atom. The number of likely N-dealkylation sites (N-methyl/N-ethyl adjacent to an activating group) is 1. The van der Waals surface area contributed by atoms with Crippen molar-refractivity contribution in [3.63, 3.8) is 0 Å². The Balaban J connectivity index is 2.65. The molecule has 0 aliphatic heterocycles. The van der Waals surface area contributed by atoms with Gasteiger partial charge in [0.2, 0.25) is 5.91 Å². The quantitative estimate of drug-likeness (QED) is 0.903. The normalized spacial score (nSPS) is 10.1. The Morgan fingerprint density at radius 3 is 2.47 bits per heavy atom. The van der Waals surface area contributed by atoms with Crippen LogP contribution in [0.2, 0.25) is 0 Å². The fourth-order valence-corrected chi connectivity index (χ4v) is 2.18. The summed E-state index contributed by atoms with van der Waals surface area (Å²) in [6.07, 6.45) is 0. The molecule has 1 N–H and O–H groups in total. The first-order valence-corrected chi connectivity index (χ1v) is 7.11. The summed E-state index contributed by atoms with van der Waals surface area (Å²) >= 11 is 3.34.